The summed E-state index contributed by atoms with van der Waals surface area (Å²) >= 11 is 0. The number of hydrogen-bond donors (Lipinski definition) is 1. The van der Waals surface area contributed by atoms with Gasteiger partial charge in [-0.1, -0.05) is 32.4 Å². The van der Waals surface area contributed by atoms with Crippen molar-refractivity contribution in [3.63, 3.8) is 0 Å². The zero-order valence-corrected chi connectivity index (χ0v) is 10.8. The van der Waals surface area contributed by atoms with Gasteiger partial charge in [0.25, 0.3) is 0 Å². The highest BCUT2D eigenvalue weighted by Crippen LogP contribution is 2.19. The van der Waals surface area contributed by atoms with E-state index in [1.54, 1.807) is 0 Å². The van der Waals surface area contributed by atoms with E-state index in [9.17, 15) is 0 Å². The van der Waals surface area contributed by atoms with E-state index in [0.717, 1.165) is 19.6 Å². The Morgan fingerprint density at radius 3 is 2.80 bits per heavy atom. The van der Waals surface area contributed by atoms with Gasteiger partial charge in [0.1, 0.15) is 0 Å². The Morgan fingerprint density at radius 1 is 1.47 bits per heavy atom. The first-order valence-electron chi connectivity index (χ1n) is 6.12. The molecule has 1 rings (SSSR count). The monoisotopic (exact) mass is 210 g/mol. The van der Waals surface area contributed by atoms with Crippen molar-refractivity contribution < 1.29 is 0 Å². The minimum absolute atomic E-state index is 0.383. The predicted molar refractivity (Wildman–Crippen MR) is 67.1 cm³/mol. The number of hydrogen-bond acceptors (Lipinski definition) is 2. The maximum absolute atomic E-state index is 3.45. The fraction of sp³-hybridized carbons (Fsp3) is 0.846. The quantitative estimate of drug-likeness (QED) is 0.700. The summed E-state index contributed by atoms with van der Waals surface area (Å²) in [6, 6.07) is 0. The van der Waals surface area contributed by atoms with Crippen LogP contribution in [0.3, 0.4) is 0 Å². The van der Waals surface area contributed by atoms with Crippen molar-refractivity contribution in [3.05, 3.63) is 11.6 Å². The van der Waals surface area contributed by atoms with Crippen molar-refractivity contribution >= 4 is 0 Å². The zero-order valence-electron chi connectivity index (χ0n) is 10.8. The average molecular weight is 210 g/mol. The summed E-state index contributed by atoms with van der Waals surface area (Å²) in [7, 11) is 0. The molecular weight excluding hydrogens is 184 g/mol. The minimum Gasteiger partial charge on any atom is -0.316 e. The van der Waals surface area contributed by atoms with Crippen molar-refractivity contribution in [2.45, 2.75) is 34.1 Å². The topological polar surface area (TPSA) is 15.3 Å². The first kappa shape index (κ1) is 12.7. The number of rotatable bonds is 5. The lowest BCUT2D eigenvalue weighted by Gasteiger charge is -2.34. The Labute approximate surface area is 94.7 Å². The van der Waals surface area contributed by atoms with Gasteiger partial charge in [0.05, 0.1) is 0 Å². The van der Waals surface area contributed by atoms with Crippen molar-refractivity contribution in [2.75, 3.05) is 32.7 Å². The van der Waals surface area contributed by atoms with Gasteiger partial charge in [0.2, 0.25) is 0 Å². The Morgan fingerprint density at radius 2 is 2.20 bits per heavy atom. The van der Waals surface area contributed by atoms with E-state index < -0.39 is 0 Å². The molecule has 0 atom stereocenters. The Kier molecular flexibility index (Phi) is 4.81. The third-order valence-corrected chi connectivity index (χ3v) is 2.92. The first-order valence-corrected chi connectivity index (χ1v) is 6.12. The predicted octanol–water partition coefficient (Wildman–Crippen LogP) is 2.27. The van der Waals surface area contributed by atoms with Gasteiger partial charge in [-0.15, -0.1) is 0 Å². The van der Waals surface area contributed by atoms with E-state index in [1.165, 1.54) is 25.1 Å². The van der Waals surface area contributed by atoms with Crippen molar-refractivity contribution in [1.29, 1.82) is 0 Å². The van der Waals surface area contributed by atoms with E-state index in [-0.39, 0.29) is 0 Å². The van der Waals surface area contributed by atoms with Crippen LogP contribution in [0.25, 0.3) is 0 Å². The second kappa shape index (κ2) is 5.66. The van der Waals surface area contributed by atoms with E-state index in [2.05, 4.69) is 44.0 Å². The molecule has 0 fully saturated rings. The van der Waals surface area contributed by atoms with Gasteiger partial charge >= 0.3 is 0 Å². The Balaban J connectivity index is 2.36. The van der Waals surface area contributed by atoms with Crippen LogP contribution in [-0.4, -0.2) is 37.6 Å². The van der Waals surface area contributed by atoms with Gasteiger partial charge in [0, 0.05) is 26.2 Å². The highest BCUT2D eigenvalue weighted by Gasteiger charge is 2.22. The fourth-order valence-electron chi connectivity index (χ4n) is 2.25. The van der Waals surface area contributed by atoms with Crippen molar-refractivity contribution in [2.24, 2.45) is 5.41 Å². The SMILES string of the molecule is CCNCC(C)(C)CN1CCC=C(C)C1. The van der Waals surface area contributed by atoms with Crippen LogP contribution < -0.4 is 5.32 Å². The second-order valence-corrected chi connectivity index (χ2v) is 5.49. The van der Waals surface area contributed by atoms with Crippen molar-refractivity contribution in [1.82, 2.24) is 10.2 Å². The van der Waals surface area contributed by atoms with Gasteiger partial charge in [0.15, 0.2) is 0 Å². The third-order valence-electron chi connectivity index (χ3n) is 2.92. The lowest BCUT2D eigenvalue weighted by molar-refractivity contribution is 0.183. The summed E-state index contributed by atoms with van der Waals surface area (Å²) in [5.41, 5.74) is 1.91. The molecule has 1 aliphatic rings. The molecule has 15 heavy (non-hydrogen) atoms. The van der Waals surface area contributed by atoms with Gasteiger partial charge in [-0.3, -0.25) is 4.90 Å². The molecule has 0 aliphatic carbocycles. The van der Waals surface area contributed by atoms with Crippen LogP contribution in [0.2, 0.25) is 0 Å². The fourth-order valence-corrected chi connectivity index (χ4v) is 2.25. The van der Waals surface area contributed by atoms with Gasteiger partial charge in [-0.05, 0) is 25.3 Å². The van der Waals surface area contributed by atoms with Crippen molar-refractivity contribution in [3.8, 4) is 0 Å². The molecule has 0 aromatic carbocycles. The Hall–Kier alpha value is -0.340. The number of nitrogens with one attached hydrogen (secondary N) is 1. The molecule has 2 nitrogen and oxygen atoms in total. The average Bonchev–Trinajstić information content (AvgIpc) is 2.14. The second-order valence-electron chi connectivity index (χ2n) is 5.49. The molecule has 0 radical (unpaired) electrons. The molecule has 1 aliphatic heterocycles. The van der Waals surface area contributed by atoms with Crippen LogP contribution in [0.4, 0.5) is 0 Å². The highest BCUT2D eigenvalue weighted by atomic mass is 15.1. The summed E-state index contributed by atoms with van der Waals surface area (Å²) in [6.07, 6.45) is 3.59. The van der Waals surface area contributed by atoms with E-state index >= 15 is 0 Å². The highest BCUT2D eigenvalue weighted by molar-refractivity contribution is 5.04. The molecule has 88 valence electrons. The summed E-state index contributed by atoms with van der Waals surface area (Å²) in [4.78, 5) is 2.58. The number of nitrogens with zero attached hydrogens (tertiary/aromatic N) is 1. The lowest BCUT2D eigenvalue weighted by atomic mass is 9.92. The minimum atomic E-state index is 0.383. The summed E-state index contributed by atoms with van der Waals surface area (Å²) in [5, 5.41) is 3.45. The molecule has 0 saturated carbocycles. The first-order chi connectivity index (χ1) is 7.03. The van der Waals surface area contributed by atoms with Gasteiger partial charge < -0.3 is 5.32 Å². The van der Waals surface area contributed by atoms with E-state index in [0.29, 0.717) is 5.41 Å². The molecule has 0 bridgehead atoms. The third kappa shape index (κ3) is 4.80. The summed E-state index contributed by atoms with van der Waals surface area (Å²) in [5.74, 6) is 0. The molecule has 2 heteroatoms. The standard InChI is InChI=1S/C13H26N2/c1-5-14-10-13(3,4)11-15-8-6-7-12(2)9-15/h7,14H,5-6,8-11H2,1-4H3. The molecule has 1 heterocycles. The van der Waals surface area contributed by atoms with Crippen LogP contribution >= 0.6 is 0 Å². The maximum atomic E-state index is 3.45. The van der Waals surface area contributed by atoms with E-state index in [4.69, 9.17) is 0 Å². The van der Waals surface area contributed by atoms with Crippen LogP contribution in [-0.2, 0) is 0 Å². The molecule has 1 N–H and O–H groups in total. The summed E-state index contributed by atoms with van der Waals surface area (Å²) < 4.78 is 0. The summed E-state index contributed by atoms with van der Waals surface area (Å²) in [6.45, 7) is 14.9. The molecule has 0 spiro atoms. The normalized spacial score (nSPS) is 19.1. The lowest BCUT2D eigenvalue weighted by Crippen LogP contribution is -2.42. The molecule has 0 unspecified atom stereocenters. The van der Waals surface area contributed by atoms with Crippen LogP contribution in [0.1, 0.15) is 34.1 Å². The zero-order chi connectivity index (χ0) is 11.3. The largest absolute Gasteiger partial charge is 0.316 e. The molecular formula is C13H26N2. The molecule has 0 aromatic heterocycles. The van der Waals surface area contributed by atoms with Gasteiger partial charge in [-0.2, -0.15) is 0 Å². The molecule has 0 aromatic rings. The van der Waals surface area contributed by atoms with Crippen LogP contribution in [0.5, 0.6) is 0 Å². The Bertz CT molecular complexity index is 219. The molecule has 0 amide bonds. The smallest absolute Gasteiger partial charge is 0.0190 e. The maximum Gasteiger partial charge on any atom is 0.0190 e. The van der Waals surface area contributed by atoms with Gasteiger partial charge in [-0.25, -0.2) is 0 Å². The van der Waals surface area contributed by atoms with Crippen LogP contribution in [0.15, 0.2) is 11.6 Å². The van der Waals surface area contributed by atoms with Crippen LogP contribution in [0, 0.1) is 5.41 Å². The molecule has 0 saturated heterocycles. The van der Waals surface area contributed by atoms with E-state index in [1.807, 2.05) is 0 Å².